The first-order chi connectivity index (χ1) is 16.7. The van der Waals surface area contributed by atoms with E-state index in [0.717, 1.165) is 24.5 Å². The number of benzene rings is 1. The Bertz CT molecular complexity index is 1120. The van der Waals surface area contributed by atoms with Crippen molar-refractivity contribution in [3.05, 3.63) is 45.1 Å². The molecule has 1 aromatic carbocycles. The van der Waals surface area contributed by atoms with E-state index in [-0.39, 0.29) is 37.7 Å². The van der Waals surface area contributed by atoms with Crippen molar-refractivity contribution in [1.82, 2.24) is 10.6 Å². The molecule has 0 spiro atoms. The summed E-state index contributed by atoms with van der Waals surface area (Å²) >= 11 is 6.85. The summed E-state index contributed by atoms with van der Waals surface area (Å²) < 4.78 is 37.5. The number of carbonyl (C=O) groups excluding carboxylic acids is 4. The minimum atomic E-state index is -2.93. The lowest BCUT2D eigenvalue weighted by atomic mass is 10.1. The van der Waals surface area contributed by atoms with Crippen LogP contribution in [0.2, 0.25) is 4.34 Å². The van der Waals surface area contributed by atoms with Gasteiger partial charge in [0.1, 0.15) is 12.6 Å². The molecular weight excluding hydrogens is 510 g/mol. The minimum absolute atomic E-state index is 0.00258. The van der Waals surface area contributed by atoms with Gasteiger partial charge >= 0.3 is 6.09 Å². The lowest BCUT2D eigenvalue weighted by Gasteiger charge is -2.29. The Balaban J connectivity index is 1.75. The highest BCUT2D eigenvalue weighted by Crippen LogP contribution is 2.33. The standard InChI is InChI=1S/C21H21ClF2N4O6S/c1-33-21(32)27-13(9-25-20(31)15-4-5-16(22)35-15)19(30)26-11-2-3-14(12(8-11)18(23)24)28-6-7-34-10-17(28)29/h2-5,8,13,18H,6-7,9-10H2,1H3,(H,25,31)(H,26,30)(H,27,32)/t13-/m0/s1. The summed E-state index contributed by atoms with van der Waals surface area (Å²) in [4.78, 5) is 50.4. The number of alkyl carbamates (subject to hydrolysis) is 1. The Morgan fingerprint density at radius 2 is 2.03 bits per heavy atom. The molecule has 0 aliphatic carbocycles. The third kappa shape index (κ3) is 6.87. The van der Waals surface area contributed by atoms with Crippen molar-refractivity contribution < 1.29 is 37.4 Å². The minimum Gasteiger partial charge on any atom is -0.453 e. The zero-order valence-electron chi connectivity index (χ0n) is 18.3. The molecule has 1 aliphatic rings. The molecule has 1 aromatic heterocycles. The van der Waals surface area contributed by atoms with Gasteiger partial charge in [-0.25, -0.2) is 13.6 Å². The molecule has 3 N–H and O–H groups in total. The van der Waals surface area contributed by atoms with E-state index < -0.39 is 41.8 Å². The number of anilines is 2. The fourth-order valence-electron chi connectivity index (χ4n) is 3.18. The molecule has 1 aliphatic heterocycles. The molecule has 3 rings (SSSR count). The normalized spacial score (nSPS) is 14.4. The van der Waals surface area contributed by atoms with E-state index in [1.165, 1.54) is 29.2 Å². The van der Waals surface area contributed by atoms with Gasteiger partial charge in [-0.15, -0.1) is 11.3 Å². The van der Waals surface area contributed by atoms with Crippen molar-refractivity contribution in [3.63, 3.8) is 0 Å². The number of morpholine rings is 1. The van der Waals surface area contributed by atoms with Gasteiger partial charge < -0.3 is 30.3 Å². The third-order valence-corrected chi connectivity index (χ3v) is 6.09. The predicted octanol–water partition coefficient (Wildman–Crippen LogP) is 2.80. The molecule has 35 heavy (non-hydrogen) atoms. The number of hydrogen-bond donors (Lipinski definition) is 3. The van der Waals surface area contributed by atoms with Crippen LogP contribution in [0.15, 0.2) is 30.3 Å². The molecule has 0 bridgehead atoms. The Hall–Kier alpha value is -3.29. The molecule has 188 valence electrons. The predicted molar refractivity (Wildman–Crippen MR) is 124 cm³/mol. The van der Waals surface area contributed by atoms with Crippen LogP contribution < -0.4 is 20.9 Å². The molecule has 0 radical (unpaired) electrons. The summed E-state index contributed by atoms with van der Waals surface area (Å²) in [5.74, 6) is -1.78. The van der Waals surface area contributed by atoms with Crippen LogP contribution in [0.25, 0.3) is 0 Å². The second kappa shape index (κ2) is 11.9. The summed E-state index contributed by atoms with van der Waals surface area (Å²) in [5, 5.41) is 7.22. The van der Waals surface area contributed by atoms with Gasteiger partial charge in [0.15, 0.2) is 0 Å². The lowest BCUT2D eigenvalue weighted by Crippen LogP contribution is -2.50. The number of hydrogen-bond acceptors (Lipinski definition) is 7. The highest BCUT2D eigenvalue weighted by Gasteiger charge is 2.27. The van der Waals surface area contributed by atoms with Crippen molar-refractivity contribution in [1.29, 1.82) is 0 Å². The van der Waals surface area contributed by atoms with Crippen molar-refractivity contribution in [3.8, 4) is 0 Å². The van der Waals surface area contributed by atoms with E-state index in [0.29, 0.717) is 9.21 Å². The van der Waals surface area contributed by atoms with Crippen molar-refractivity contribution >= 4 is 58.1 Å². The fraction of sp³-hybridized carbons (Fsp3) is 0.333. The Kier molecular flexibility index (Phi) is 8.95. The Morgan fingerprint density at radius 1 is 1.26 bits per heavy atom. The molecule has 1 fully saturated rings. The van der Waals surface area contributed by atoms with Crippen LogP contribution >= 0.6 is 22.9 Å². The molecule has 0 unspecified atom stereocenters. The second-order valence-corrected chi connectivity index (χ2v) is 8.88. The quantitative estimate of drug-likeness (QED) is 0.482. The van der Waals surface area contributed by atoms with Crippen molar-refractivity contribution in [2.75, 3.05) is 43.6 Å². The molecule has 2 heterocycles. The average molecular weight is 531 g/mol. The number of nitrogens with zero attached hydrogens (tertiary/aromatic N) is 1. The molecule has 1 atom stereocenters. The van der Waals surface area contributed by atoms with Crippen LogP contribution in [0.4, 0.5) is 25.0 Å². The lowest BCUT2D eigenvalue weighted by molar-refractivity contribution is -0.125. The molecule has 2 aromatic rings. The van der Waals surface area contributed by atoms with E-state index in [9.17, 15) is 28.0 Å². The summed E-state index contributed by atoms with van der Waals surface area (Å²) in [5.41, 5.74) is -0.446. The van der Waals surface area contributed by atoms with Crippen LogP contribution in [0, 0.1) is 0 Å². The van der Waals surface area contributed by atoms with E-state index in [1.807, 2.05) is 0 Å². The molecule has 0 saturated carbocycles. The third-order valence-electron chi connectivity index (χ3n) is 4.86. The zero-order valence-corrected chi connectivity index (χ0v) is 19.9. The maximum Gasteiger partial charge on any atom is 0.407 e. The first-order valence-corrected chi connectivity index (χ1v) is 11.4. The largest absolute Gasteiger partial charge is 0.453 e. The number of rotatable bonds is 8. The van der Waals surface area contributed by atoms with Gasteiger partial charge in [0.05, 0.1) is 28.6 Å². The Morgan fingerprint density at radius 3 is 2.66 bits per heavy atom. The van der Waals surface area contributed by atoms with Crippen LogP contribution in [0.3, 0.4) is 0 Å². The number of amides is 4. The van der Waals surface area contributed by atoms with Gasteiger partial charge in [-0.2, -0.15) is 0 Å². The summed E-state index contributed by atoms with van der Waals surface area (Å²) in [6.07, 6.45) is -3.87. The summed E-state index contributed by atoms with van der Waals surface area (Å²) in [6.45, 7) is -0.218. The smallest absolute Gasteiger partial charge is 0.407 e. The van der Waals surface area contributed by atoms with Gasteiger partial charge in [-0.1, -0.05) is 11.6 Å². The molecule has 1 saturated heterocycles. The number of ether oxygens (including phenoxy) is 2. The van der Waals surface area contributed by atoms with Gasteiger partial charge in [0.2, 0.25) is 5.91 Å². The number of methoxy groups -OCH3 is 1. The highest BCUT2D eigenvalue weighted by molar-refractivity contribution is 7.18. The number of nitrogens with one attached hydrogen (secondary N) is 3. The average Bonchev–Trinajstić information content (AvgIpc) is 3.28. The SMILES string of the molecule is COC(=O)N[C@@H](CNC(=O)c1ccc(Cl)s1)C(=O)Nc1ccc(N2CCOCC2=O)c(C(F)F)c1. The van der Waals surface area contributed by atoms with E-state index >= 15 is 0 Å². The van der Waals surface area contributed by atoms with Gasteiger partial charge in [0, 0.05) is 24.3 Å². The fourth-order valence-corrected chi connectivity index (χ4v) is 4.14. The summed E-state index contributed by atoms with van der Waals surface area (Å²) in [7, 11) is 1.09. The number of thiophene rings is 1. The Labute approximate surface area is 207 Å². The van der Waals surface area contributed by atoms with Gasteiger partial charge in [0.25, 0.3) is 18.2 Å². The topological polar surface area (TPSA) is 126 Å². The molecule has 10 nitrogen and oxygen atoms in total. The van der Waals surface area contributed by atoms with Gasteiger partial charge in [-0.05, 0) is 30.3 Å². The van der Waals surface area contributed by atoms with E-state index in [4.69, 9.17) is 16.3 Å². The number of carbonyl (C=O) groups is 4. The summed E-state index contributed by atoms with van der Waals surface area (Å²) in [6, 6.07) is 5.43. The molecular formula is C21H21ClF2N4O6S. The van der Waals surface area contributed by atoms with Crippen LogP contribution in [0.1, 0.15) is 21.7 Å². The highest BCUT2D eigenvalue weighted by atomic mass is 35.5. The first kappa shape index (κ1) is 26.3. The number of halogens is 3. The molecule has 4 amide bonds. The zero-order chi connectivity index (χ0) is 25.5. The van der Waals surface area contributed by atoms with Gasteiger partial charge in [-0.3, -0.25) is 14.4 Å². The number of alkyl halides is 2. The van der Waals surface area contributed by atoms with E-state index in [2.05, 4.69) is 20.7 Å². The van der Waals surface area contributed by atoms with Crippen molar-refractivity contribution in [2.24, 2.45) is 0 Å². The van der Waals surface area contributed by atoms with Crippen molar-refractivity contribution in [2.45, 2.75) is 12.5 Å². The molecule has 14 heteroatoms. The maximum absolute atomic E-state index is 13.8. The second-order valence-electron chi connectivity index (χ2n) is 7.16. The first-order valence-electron chi connectivity index (χ1n) is 10.2. The van der Waals surface area contributed by atoms with E-state index in [1.54, 1.807) is 0 Å². The maximum atomic E-state index is 13.8. The van der Waals surface area contributed by atoms with Crippen LogP contribution in [-0.4, -0.2) is 63.3 Å². The monoisotopic (exact) mass is 530 g/mol. The van der Waals surface area contributed by atoms with Crippen LogP contribution in [0.5, 0.6) is 0 Å². The van der Waals surface area contributed by atoms with Crippen LogP contribution in [-0.2, 0) is 19.1 Å².